The van der Waals surface area contributed by atoms with E-state index in [9.17, 15) is 4.79 Å². The molecule has 2 aromatic carbocycles. The predicted octanol–water partition coefficient (Wildman–Crippen LogP) is 3.13. The molecule has 5 heteroatoms. The summed E-state index contributed by atoms with van der Waals surface area (Å²) in [6.07, 6.45) is 6.24. The molecule has 0 aromatic heterocycles. The van der Waals surface area contributed by atoms with Crippen LogP contribution in [0.2, 0.25) is 0 Å². The maximum absolute atomic E-state index is 11.4. The van der Waals surface area contributed by atoms with Gasteiger partial charge in [-0.3, -0.25) is 9.80 Å². The van der Waals surface area contributed by atoms with Gasteiger partial charge in [0, 0.05) is 13.1 Å². The van der Waals surface area contributed by atoms with Crippen molar-refractivity contribution in [3.05, 3.63) is 66.9 Å². The zero-order valence-electron chi connectivity index (χ0n) is 14.7. The summed E-state index contributed by atoms with van der Waals surface area (Å²) in [6.45, 7) is 3.18. The van der Waals surface area contributed by atoms with Crippen molar-refractivity contribution in [1.82, 2.24) is 5.01 Å². The molecule has 3 rings (SSSR count). The van der Waals surface area contributed by atoms with Crippen LogP contribution < -0.4 is 10.6 Å². The molecule has 5 nitrogen and oxygen atoms in total. The maximum Gasteiger partial charge on any atom is 0.308 e. The van der Waals surface area contributed by atoms with Crippen molar-refractivity contribution in [2.24, 2.45) is 5.84 Å². The molecule has 1 aliphatic rings. The van der Waals surface area contributed by atoms with Crippen molar-refractivity contribution in [3.63, 3.8) is 0 Å². The van der Waals surface area contributed by atoms with Gasteiger partial charge in [0.15, 0.2) is 0 Å². The zero-order chi connectivity index (χ0) is 18.6. The van der Waals surface area contributed by atoms with Crippen LogP contribution >= 0.6 is 0 Å². The fraction of sp³-hybridized carbons (Fsp3) is 0.190. The third-order valence-electron chi connectivity index (χ3n) is 4.00. The van der Waals surface area contributed by atoms with Crippen LogP contribution in [0.5, 0.6) is 5.75 Å². The lowest BCUT2D eigenvalue weighted by molar-refractivity contribution is -0.154. The molecule has 0 saturated carbocycles. The Morgan fingerprint density at radius 1 is 1.19 bits per heavy atom. The molecule has 132 valence electrons. The van der Waals surface area contributed by atoms with Gasteiger partial charge >= 0.3 is 12.3 Å². The summed E-state index contributed by atoms with van der Waals surface area (Å²) in [5.74, 6) is 11.9. The number of allylic oxidation sites excluding steroid dienone is 2. The zero-order valence-corrected chi connectivity index (χ0v) is 14.7. The molecule has 2 unspecified atom stereocenters. The number of benzene rings is 2. The van der Waals surface area contributed by atoms with Crippen LogP contribution in [0, 0.1) is 11.8 Å². The van der Waals surface area contributed by atoms with Crippen molar-refractivity contribution in [1.29, 1.82) is 0 Å². The van der Waals surface area contributed by atoms with Gasteiger partial charge in [-0.1, -0.05) is 42.3 Å². The fourth-order valence-corrected chi connectivity index (χ4v) is 2.54. The van der Waals surface area contributed by atoms with E-state index in [0.29, 0.717) is 5.75 Å². The summed E-state index contributed by atoms with van der Waals surface area (Å²) >= 11 is 0. The lowest BCUT2D eigenvalue weighted by Gasteiger charge is -2.31. The van der Waals surface area contributed by atoms with Crippen molar-refractivity contribution >= 4 is 16.7 Å². The summed E-state index contributed by atoms with van der Waals surface area (Å²) in [6, 6.07) is 13.6. The number of ether oxygens (including phenoxy) is 2. The monoisotopic (exact) mass is 348 g/mol. The third kappa shape index (κ3) is 4.05. The lowest BCUT2D eigenvalue weighted by atomic mass is 10.00. The Labute approximate surface area is 152 Å². The minimum atomic E-state index is -1.03. The van der Waals surface area contributed by atoms with Crippen LogP contribution in [0.1, 0.15) is 13.8 Å². The van der Waals surface area contributed by atoms with Gasteiger partial charge in [0.2, 0.25) is 0 Å². The van der Waals surface area contributed by atoms with E-state index in [1.165, 1.54) is 11.9 Å². The molecule has 0 saturated heterocycles. The number of carbonyl (C=O) groups excluding carboxylic acids is 1. The Morgan fingerprint density at radius 3 is 2.69 bits per heavy atom. The Kier molecular flexibility index (Phi) is 4.97. The highest BCUT2D eigenvalue weighted by Crippen LogP contribution is 2.22. The second kappa shape index (κ2) is 7.34. The number of rotatable bonds is 3. The average molecular weight is 348 g/mol. The third-order valence-corrected chi connectivity index (χ3v) is 4.00. The van der Waals surface area contributed by atoms with E-state index < -0.39 is 17.8 Å². The molecule has 1 aliphatic heterocycles. The molecule has 1 heterocycles. The molecule has 0 fully saturated rings. The standard InChI is InChI=1S/C21H20N2O3/c1-16(24)25-20(11-13-21(2)12-5-6-14-23(21)22)26-19-10-9-17-7-3-4-8-18(17)15-19/h3-10,12,14-15,20H,22H2,1-2H3. The highest BCUT2D eigenvalue weighted by atomic mass is 16.7. The Bertz CT molecular complexity index is 939. The second-order valence-electron chi connectivity index (χ2n) is 6.09. The highest BCUT2D eigenvalue weighted by Gasteiger charge is 2.24. The van der Waals surface area contributed by atoms with E-state index in [1.54, 1.807) is 6.20 Å². The molecule has 0 radical (unpaired) electrons. The molecule has 2 aromatic rings. The molecule has 2 N–H and O–H groups in total. The molecule has 0 bridgehead atoms. The van der Waals surface area contributed by atoms with E-state index in [1.807, 2.05) is 67.6 Å². The SMILES string of the molecule is CC(=O)OC(C#CC1(C)C=CC=CN1N)Oc1ccc2ccccc2c1. The van der Waals surface area contributed by atoms with Crippen molar-refractivity contribution < 1.29 is 14.3 Å². The van der Waals surface area contributed by atoms with Crippen LogP contribution in [0.3, 0.4) is 0 Å². The van der Waals surface area contributed by atoms with Gasteiger partial charge in [-0.2, -0.15) is 0 Å². The first-order valence-corrected chi connectivity index (χ1v) is 8.22. The molecule has 0 spiro atoms. The number of hydrogen-bond acceptors (Lipinski definition) is 5. The van der Waals surface area contributed by atoms with Crippen LogP contribution in [0.15, 0.2) is 66.9 Å². The van der Waals surface area contributed by atoms with Gasteiger partial charge in [0.25, 0.3) is 0 Å². The summed E-state index contributed by atoms with van der Waals surface area (Å²) in [5, 5.41) is 3.61. The molecular formula is C21H20N2O3. The normalized spacial score (nSPS) is 19.6. The van der Waals surface area contributed by atoms with Crippen LogP contribution in [-0.4, -0.2) is 22.8 Å². The molecule has 0 amide bonds. The minimum Gasteiger partial charge on any atom is -0.444 e. The number of esters is 1. The second-order valence-corrected chi connectivity index (χ2v) is 6.09. The van der Waals surface area contributed by atoms with Crippen LogP contribution in [-0.2, 0) is 9.53 Å². The Morgan fingerprint density at radius 2 is 1.96 bits per heavy atom. The van der Waals surface area contributed by atoms with Crippen molar-refractivity contribution in [3.8, 4) is 17.6 Å². The van der Waals surface area contributed by atoms with Crippen molar-refractivity contribution in [2.75, 3.05) is 0 Å². The van der Waals surface area contributed by atoms with Gasteiger partial charge in [-0.25, -0.2) is 5.84 Å². The van der Waals surface area contributed by atoms with Crippen LogP contribution in [0.25, 0.3) is 10.8 Å². The molecular weight excluding hydrogens is 328 g/mol. The van der Waals surface area contributed by atoms with Gasteiger partial charge in [0.1, 0.15) is 11.3 Å². The van der Waals surface area contributed by atoms with E-state index in [2.05, 4.69) is 11.8 Å². The summed E-state index contributed by atoms with van der Waals surface area (Å²) in [4.78, 5) is 11.4. The predicted molar refractivity (Wildman–Crippen MR) is 101 cm³/mol. The number of hydrazine groups is 1. The molecule has 2 atom stereocenters. The quantitative estimate of drug-likeness (QED) is 0.400. The van der Waals surface area contributed by atoms with E-state index in [4.69, 9.17) is 15.3 Å². The van der Waals surface area contributed by atoms with Crippen LogP contribution in [0.4, 0.5) is 0 Å². The topological polar surface area (TPSA) is 64.8 Å². The average Bonchev–Trinajstić information content (AvgIpc) is 2.62. The largest absolute Gasteiger partial charge is 0.444 e. The highest BCUT2D eigenvalue weighted by molar-refractivity contribution is 5.83. The minimum absolute atomic E-state index is 0.473. The first-order chi connectivity index (χ1) is 12.5. The number of nitrogens with zero attached hydrogens (tertiary/aromatic N) is 1. The summed E-state index contributed by atoms with van der Waals surface area (Å²) in [5.41, 5.74) is -0.708. The summed E-state index contributed by atoms with van der Waals surface area (Å²) in [7, 11) is 0. The van der Waals surface area contributed by atoms with Gasteiger partial charge < -0.3 is 9.47 Å². The van der Waals surface area contributed by atoms with E-state index in [-0.39, 0.29) is 0 Å². The van der Waals surface area contributed by atoms with Gasteiger partial charge in [-0.15, -0.1) is 0 Å². The first kappa shape index (κ1) is 17.6. The van der Waals surface area contributed by atoms with E-state index >= 15 is 0 Å². The molecule has 0 aliphatic carbocycles. The van der Waals surface area contributed by atoms with Gasteiger partial charge in [0.05, 0.1) is 0 Å². The molecule has 26 heavy (non-hydrogen) atoms. The fourth-order valence-electron chi connectivity index (χ4n) is 2.54. The lowest BCUT2D eigenvalue weighted by Crippen LogP contribution is -2.46. The number of carbonyl (C=O) groups is 1. The number of hydrogen-bond donors (Lipinski definition) is 1. The smallest absolute Gasteiger partial charge is 0.308 e. The Balaban J connectivity index is 1.84. The van der Waals surface area contributed by atoms with Crippen molar-refractivity contribution in [2.45, 2.75) is 25.7 Å². The van der Waals surface area contributed by atoms with Gasteiger partial charge in [-0.05, 0) is 47.9 Å². The number of nitrogens with two attached hydrogens (primary N) is 1. The first-order valence-electron chi connectivity index (χ1n) is 8.22. The Hall–Kier alpha value is -3.23. The maximum atomic E-state index is 11.4. The van der Waals surface area contributed by atoms with E-state index in [0.717, 1.165) is 10.8 Å². The summed E-state index contributed by atoms with van der Waals surface area (Å²) < 4.78 is 11.0. The number of fused-ring (bicyclic) bond motifs is 1.